The maximum atomic E-state index is 11.6. The molecule has 0 fully saturated rings. The molecule has 0 aliphatic carbocycles. The molecule has 4 heteroatoms. The Morgan fingerprint density at radius 1 is 1.36 bits per heavy atom. The van der Waals surface area contributed by atoms with Crippen LogP contribution in [0.3, 0.4) is 0 Å². The number of nitrogens with zero attached hydrogens (tertiary/aromatic N) is 1. The Morgan fingerprint density at radius 3 is 2.14 bits per heavy atom. The molecule has 84 valence electrons. The van der Waals surface area contributed by atoms with Gasteiger partial charge >= 0.3 is 6.09 Å². The number of hydrogen-bond acceptors (Lipinski definition) is 3. The summed E-state index contributed by atoms with van der Waals surface area (Å²) < 4.78 is 10.1. The van der Waals surface area contributed by atoms with E-state index in [1.54, 1.807) is 7.11 Å². The summed E-state index contributed by atoms with van der Waals surface area (Å²) in [6, 6.07) is 0.0739. The minimum absolute atomic E-state index is 0.0739. The first-order chi connectivity index (χ1) is 6.28. The highest BCUT2D eigenvalue weighted by molar-refractivity contribution is 5.68. The van der Waals surface area contributed by atoms with E-state index in [-0.39, 0.29) is 18.9 Å². The molecule has 4 nitrogen and oxygen atoms in total. The quantitative estimate of drug-likeness (QED) is 0.660. The molecule has 0 aliphatic rings. The molecule has 0 aliphatic heterocycles. The van der Waals surface area contributed by atoms with Gasteiger partial charge in [-0.15, -0.1) is 0 Å². The van der Waals surface area contributed by atoms with E-state index in [0.29, 0.717) is 0 Å². The molecule has 0 aromatic heterocycles. The fraction of sp³-hybridized carbons (Fsp3) is 0.900. The van der Waals surface area contributed by atoms with Gasteiger partial charge < -0.3 is 9.47 Å². The zero-order valence-corrected chi connectivity index (χ0v) is 9.96. The standard InChI is InChI=1S/C10H21NO3/c1-8(2)11(7-13-6)9(12)14-10(3,4)5/h8H,7H2,1-6H3. The molecule has 0 radical (unpaired) electrons. The van der Waals surface area contributed by atoms with Crippen LogP contribution < -0.4 is 0 Å². The van der Waals surface area contributed by atoms with Crippen molar-refractivity contribution in [3.63, 3.8) is 0 Å². The van der Waals surface area contributed by atoms with Gasteiger partial charge in [-0.1, -0.05) is 0 Å². The molecule has 1 amide bonds. The van der Waals surface area contributed by atoms with Crippen molar-refractivity contribution in [3.8, 4) is 0 Å². The summed E-state index contributed by atoms with van der Waals surface area (Å²) in [5.74, 6) is 0. The molecule has 0 aromatic rings. The number of carbonyl (C=O) groups is 1. The van der Waals surface area contributed by atoms with Crippen LogP contribution in [0.4, 0.5) is 4.79 Å². The molecule has 0 unspecified atom stereocenters. The zero-order chi connectivity index (χ0) is 11.4. The fourth-order valence-electron chi connectivity index (χ4n) is 0.872. The molecule has 0 N–H and O–H groups in total. The van der Waals surface area contributed by atoms with E-state index >= 15 is 0 Å². The maximum Gasteiger partial charge on any atom is 0.412 e. The molecule has 0 atom stereocenters. The third-order valence-corrected chi connectivity index (χ3v) is 1.52. The molecule has 0 spiro atoms. The molecular weight excluding hydrogens is 182 g/mol. The van der Waals surface area contributed by atoms with Crippen molar-refractivity contribution in [2.45, 2.75) is 46.3 Å². The van der Waals surface area contributed by atoms with Gasteiger partial charge in [-0.2, -0.15) is 0 Å². The van der Waals surface area contributed by atoms with Crippen molar-refractivity contribution < 1.29 is 14.3 Å². The average Bonchev–Trinajstić information content (AvgIpc) is 1.95. The van der Waals surface area contributed by atoms with Crippen molar-refractivity contribution in [3.05, 3.63) is 0 Å². The minimum atomic E-state index is -0.460. The van der Waals surface area contributed by atoms with Crippen molar-refractivity contribution in [2.75, 3.05) is 13.8 Å². The highest BCUT2D eigenvalue weighted by Gasteiger charge is 2.23. The molecule has 0 saturated carbocycles. The number of carbonyl (C=O) groups excluding carboxylic acids is 1. The Kier molecular flexibility index (Phi) is 4.91. The van der Waals surface area contributed by atoms with E-state index in [1.165, 1.54) is 4.90 Å². The van der Waals surface area contributed by atoms with Crippen LogP contribution in [0.5, 0.6) is 0 Å². The number of rotatable bonds is 3. The van der Waals surface area contributed by atoms with E-state index in [1.807, 2.05) is 34.6 Å². The third kappa shape index (κ3) is 5.07. The van der Waals surface area contributed by atoms with Gasteiger partial charge in [-0.05, 0) is 34.6 Å². The molecule has 0 aromatic carbocycles. The van der Waals surface area contributed by atoms with Crippen LogP contribution in [0.25, 0.3) is 0 Å². The number of methoxy groups -OCH3 is 1. The second-order valence-electron chi connectivity index (χ2n) is 4.46. The second-order valence-corrected chi connectivity index (χ2v) is 4.46. The molecule has 0 heterocycles. The average molecular weight is 203 g/mol. The normalized spacial score (nSPS) is 11.6. The summed E-state index contributed by atoms with van der Waals surface area (Å²) in [7, 11) is 1.56. The van der Waals surface area contributed by atoms with Crippen LogP contribution in [-0.4, -0.2) is 36.5 Å². The van der Waals surface area contributed by atoms with Crippen LogP contribution in [0, 0.1) is 0 Å². The van der Waals surface area contributed by atoms with E-state index in [2.05, 4.69) is 0 Å². The van der Waals surface area contributed by atoms with Crippen LogP contribution in [-0.2, 0) is 9.47 Å². The Bertz CT molecular complexity index is 184. The van der Waals surface area contributed by atoms with E-state index < -0.39 is 5.60 Å². The summed E-state index contributed by atoms with van der Waals surface area (Å²) in [6.07, 6.45) is -0.339. The van der Waals surface area contributed by atoms with Crippen LogP contribution in [0.1, 0.15) is 34.6 Å². The molecule has 0 saturated heterocycles. The van der Waals surface area contributed by atoms with Gasteiger partial charge in [-0.3, -0.25) is 4.90 Å². The number of amides is 1. The van der Waals surface area contributed by atoms with Crippen LogP contribution in [0.15, 0.2) is 0 Å². The van der Waals surface area contributed by atoms with E-state index in [4.69, 9.17) is 9.47 Å². The molecule has 0 bridgehead atoms. The highest BCUT2D eigenvalue weighted by atomic mass is 16.6. The highest BCUT2D eigenvalue weighted by Crippen LogP contribution is 2.11. The maximum absolute atomic E-state index is 11.6. The lowest BCUT2D eigenvalue weighted by atomic mass is 10.2. The van der Waals surface area contributed by atoms with Gasteiger partial charge in [0.25, 0.3) is 0 Å². The lowest BCUT2D eigenvalue weighted by Crippen LogP contribution is -2.41. The van der Waals surface area contributed by atoms with Crippen molar-refractivity contribution in [1.82, 2.24) is 4.90 Å². The summed E-state index contributed by atoms with van der Waals surface area (Å²) >= 11 is 0. The first kappa shape index (κ1) is 13.2. The van der Waals surface area contributed by atoms with Gasteiger partial charge in [0.05, 0.1) is 0 Å². The lowest BCUT2D eigenvalue weighted by Gasteiger charge is -2.29. The largest absolute Gasteiger partial charge is 0.444 e. The Labute approximate surface area is 86.2 Å². The van der Waals surface area contributed by atoms with Gasteiger partial charge in [0.2, 0.25) is 0 Å². The van der Waals surface area contributed by atoms with Gasteiger partial charge in [-0.25, -0.2) is 4.79 Å². The Balaban J connectivity index is 4.30. The Hall–Kier alpha value is -0.770. The van der Waals surface area contributed by atoms with Gasteiger partial charge in [0, 0.05) is 13.2 Å². The van der Waals surface area contributed by atoms with Gasteiger partial charge in [0.1, 0.15) is 12.3 Å². The van der Waals surface area contributed by atoms with E-state index in [9.17, 15) is 4.79 Å². The van der Waals surface area contributed by atoms with Crippen molar-refractivity contribution >= 4 is 6.09 Å². The summed E-state index contributed by atoms with van der Waals surface area (Å²) in [5.41, 5.74) is -0.460. The second kappa shape index (κ2) is 5.20. The lowest BCUT2D eigenvalue weighted by molar-refractivity contribution is -0.0121. The fourth-order valence-corrected chi connectivity index (χ4v) is 0.872. The van der Waals surface area contributed by atoms with E-state index in [0.717, 1.165) is 0 Å². The van der Waals surface area contributed by atoms with Gasteiger partial charge in [0.15, 0.2) is 0 Å². The summed E-state index contributed by atoms with van der Waals surface area (Å²) in [5, 5.41) is 0. The molecule has 0 rings (SSSR count). The zero-order valence-electron chi connectivity index (χ0n) is 9.96. The monoisotopic (exact) mass is 203 g/mol. The SMILES string of the molecule is COCN(C(=O)OC(C)(C)C)C(C)C. The topological polar surface area (TPSA) is 38.8 Å². The molecular formula is C10H21NO3. The first-order valence-electron chi connectivity index (χ1n) is 4.76. The molecule has 14 heavy (non-hydrogen) atoms. The Morgan fingerprint density at radius 2 is 1.86 bits per heavy atom. The summed E-state index contributed by atoms with van der Waals surface area (Å²) in [4.78, 5) is 13.1. The smallest absolute Gasteiger partial charge is 0.412 e. The predicted octanol–water partition coefficient (Wildman–Crippen LogP) is 2.24. The first-order valence-corrected chi connectivity index (χ1v) is 4.76. The predicted molar refractivity (Wildman–Crippen MR) is 55.1 cm³/mol. The number of hydrogen-bond donors (Lipinski definition) is 0. The van der Waals surface area contributed by atoms with Crippen LogP contribution in [0.2, 0.25) is 0 Å². The van der Waals surface area contributed by atoms with Crippen LogP contribution >= 0.6 is 0 Å². The summed E-state index contributed by atoms with van der Waals surface area (Å²) in [6.45, 7) is 9.63. The minimum Gasteiger partial charge on any atom is -0.444 e. The third-order valence-electron chi connectivity index (χ3n) is 1.52. The van der Waals surface area contributed by atoms with Crippen molar-refractivity contribution in [1.29, 1.82) is 0 Å². The van der Waals surface area contributed by atoms with Crippen molar-refractivity contribution in [2.24, 2.45) is 0 Å². The number of ether oxygens (including phenoxy) is 2.